The van der Waals surface area contributed by atoms with E-state index < -0.39 is 0 Å². The molecule has 3 nitrogen and oxygen atoms in total. The van der Waals surface area contributed by atoms with E-state index in [0.29, 0.717) is 6.42 Å². The van der Waals surface area contributed by atoms with Gasteiger partial charge in [-0.05, 0) is 31.3 Å². The Bertz CT molecular complexity index is 422. The fraction of sp³-hybridized carbons (Fsp3) is 0.467. The average Bonchev–Trinajstić information content (AvgIpc) is 2.41. The van der Waals surface area contributed by atoms with Gasteiger partial charge in [0.25, 0.3) is 0 Å². The first-order chi connectivity index (χ1) is 8.79. The van der Waals surface area contributed by atoms with Gasteiger partial charge in [-0.2, -0.15) is 0 Å². The molecule has 18 heavy (non-hydrogen) atoms. The van der Waals surface area contributed by atoms with Crippen LogP contribution in [0.2, 0.25) is 0 Å². The predicted molar refractivity (Wildman–Crippen MR) is 74.7 cm³/mol. The molecule has 0 saturated carbocycles. The summed E-state index contributed by atoms with van der Waals surface area (Å²) in [7, 11) is 2.16. The van der Waals surface area contributed by atoms with Crippen LogP contribution in [0.1, 0.15) is 12.0 Å². The fourth-order valence-corrected chi connectivity index (χ4v) is 2.04. The maximum Gasteiger partial charge on any atom is 0.0540 e. The van der Waals surface area contributed by atoms with Gasteiger partial charge in [0.1, 0.15) is 0 Å². The molecule has 0 aliphatic carbocycles. The highest BCUT2D eigenvalue weighted by Crippen LogP contribution is 2.16. The van der Waals surface area contributed by atoms with Crippen LogP contribution in [0.25, 0.3) is 0 Å². The molecule has 3 heteroatoms. The molecule has 1 aliphatic rings. The maximum atomic E-state index is 8.67. The summed E-state index contributed by atoms with van der Waals surface area (Å²) in [5.41, 5.74) is 2.29. The third-order valence-electron chi connectivity index (χ3n) is 3.21. The molecule has 1 fully saturated rings. The molecule has 0 amide bonds. The van der Waals surface area contributed by atoms with Gasteiger partial charge in [-0.3, -0.25) is 0 Å². The summed E-state index contributed by atoms with van der Waals surface area (Å²) in [4.78, 5) is 4.76. The maximum absolute atomic E-state index is 8.67. The molecular formula is C15H20N2O. The number of anilines is 1. The van der Waals surface area contributed by atoms with Crippen LogP contribution in [0.3, 0.4) is 0 Å². The van der Waals surface area contributed by atoms with E-state index in [-0.39, 0.29) is 6.61 Å². The van der Waals surface area contributed by atoms with Crippen molar-refractivity contribution in [1.82, 2.24) is 4.90 Å². The van der Waals surface area contributed by atoms with Crippen molar-refractivity contribution in [2.24, 2.45) is 0 Å². The summed E-state index contributed by atoms with van der Waals surface area (Å²) in [6.07, 6.45) is 0.542. The summed E-state index contributed by atoms with van der Waals surface area (Å²) >= 11 is 0. The van der Waals surface area contributed by atoms with Gasteiger partial charge in [0.15, 0.2) is 0 Å². The molecule has 0 atom stereocenters. The highest BCUT2D eigenvalue weighted by molar-refractivity contribution is 5.50. The highest BCUT2D eigenvalue weighted by Gasteiger charge is 2.13. The Morgan fingerprint density at radius 3 is 2.39 bits per heavy atom. The molecule has 1 aromatic carbocycles. The standard InChI is InChI=1S/C15H20N2O/c1-16-9-11-17(12-10-16)15-7-5-14(6-8-15)4-2-3-13-18/h5-8,18H,3,9-13H2,1H3. The van der Waals surface area contributed by atoms with E-state index >= 15 is 0 Å². The van der Waals surface area contributed by atoms with E-state index in [9.17, 15) is 0 Å². The number of hydrogen-bond donors (Lipinski definition) is 1. The molecule has 0 spiro atoms. The minimum Gasteiger partial charge on any atom is -0.395 e. The zero-order valence-corrected chi connectivity index (χ0v) is 10.9. The number of benzene rings is 1. The smallest absolute Gasteiger partial charge is 0.0540 e. The van der Waals surface area contributed by atoms with Crippen LogP contribution in [0.15, 0.2) is 24.3 Å². The van der Waals surface area contributed by atoms with Crippen LogP contribution >= 0.6 is 0 Å². The first kappa shape index (κ1) is 12.9. The van der Waals surface area contributed by atoms with Crippen LogP contribution < -0.4 is 4.90 Å². The van der Waals surface area contributed by atoms with Crippen LogP contribution in [-0.2, 0) is 0 Å². The zero-order chi connectivity index (χ0) is 12.8. The highest BCUT2D eigenvalue weighted by atomic mass is 16.2. The summed E-state index contributed by atoms with van der Waals surface area (Å²) in [6, 6.07) is 8.37. The van der Waals surface area contributed by atoms with E-state index in [1.807, 2.05) is 0 Å². The summed E-state index contributed by atoms with van der Waals surface area (Å²) < 4.78 is 0. The van der Waals surface area contributed by atoms with Crippen LogP contribution in [-0.4, -0.2) is 49.8 Å². The van der Waals surface area contributed by atoms with Gasteiger partial charge < -0.3 is 14.9 Å². The van der Waals surface area contributed by atoms with Gasteiger partial charge in [-0.1, -0.05) is 11.8 Å². The normalized spacial score (nSPS) is 16.2. The Balaban J connectivity index is 1.97. The minimum atomic E-state index is 0.131. The number of likely N-dealkylation sites (N-methyl/N-ethyl adjacent to an activating group) is 1. The van der Waals surface area contributed by atoms with Gasteiger partial charge in [0, 0.05) is 43.9 Å². The molecule has 1 saturated heterocycles. The average molecular weight is 244 g/mol. The number of hydrogen-bond acceptors (Lipinski definition) is 3. The first-order valence-electron chi connectivity index (χ1n) is 6.43. The molecule has 1 aromatic rings. The second-order valence-corrected chi connectivity index (χ2v) is 4.61. The summed E-state index contributed by atoms with van der Waals surface area (Å²) in [6.45, 7) is 4.56. The molecule has 1 N–H and O–H groups in total. The Labute approximate surface area is 109 Å². The largest absolute Gasteiger partial charge is 0.395 e. The number of aliphatic hydroxyl groups is 1. The van der Waals surface area contributed by atoms with Crippen LogP contribution in [0, 0.1) is 11.8 Å². The van der Waals surface area contributed by atoms with Crippen molar-refractivity contribution in [3.63, 3.8) is 0 Å². The number of piperazine rings is 1. The molecule has 0 aromatic heterocycles. The van der Waals surface area contributed by atoms with Gasteiger partial charge >= 0.3 is 0 Å². The quantitative estimate of drug-likeness (QED) is 0.791. The van der Waals surface area contributed by atoms with Gasteiger partial charge in [0.05, 0.1) is 6.61 Å². The van der Waals surface area contributed by atoms with Gasteiger partial charge in [-0.15, -0.1) is 0 Å². The Hall–Kier alpha value is -1.50. The second kappa shape index (κ2) is 6.44. The van der Waals surface area contributed by atoms with Crippen molar-refractivity contribution in [3.05, 3.63) is 29.8 Å². The van der Waals surface area contributed by atoms with Crippen LogP contribution in [0.4, 0.5) is 5.69 Å². The monoisotopic (exact) mass is 244 g/mol. The lowest BCUT2D eigenvalue weighted by Crippen LogP contribution is -2.44. The van der Waals surface area contributed by atoms with Crippen molar-refractivity contribution < 1.29 is 5.11 Å². The Morgan fingerprint density at radius 2 is 1.78 bits per heavy atom. The van der Waals surface area contributed by atoms with Gasteiger partial charge in [-0.25, -0.2) is 0 Å². The van der Waals surface area contributed by atoms with Gasteiger partial charge in [0.2, 0.25) is 0 Å². The lowest BCUT2D eigenvalue weighted by atomic mass is 10.2. The molecule has 0 radical (unpaired) electrons. The number of nitrogens with zero attached hydrogens (tertiary/aromatic N) is 2. The van der Waals surface area contributed by atoms with Crippen molar-refractivity contribution in [1.29, 1.82) is 0 Å². The minimum absolute atomic E-state index is 0.131. The lowest BCUT2D eigenvalue weighted by molar-refractivity contribution is 0.305. The van der Waals surface area contributed by atoms with Crippen molar-refractivity contribution in [2.75, 3.05) is 44.7 Å². The number of rotatable bonds is 2. The third kappa shape index (κ3) is 3.49. The Kier molecular flexibility index (Phi) is 4.63. The predicted octanol–water partition coefficient (Wildman–Crippen LogP) is 1.17. The fourth-order valence-electron chi connectivity index (χ4n) is 2.04. The van der Waals surface area contributed by atoms with Crippen molar-refractivity contribution in [3.8, 4) is 11.8 Å². The topological polar surface area (TPSA) is 26.7 Å². The van der Waals surface area contributed by atoms with Crippen LogP contribution in [0.5, 0.6) is 0 Å². The lowest BCUT2D eigenvalue weighted by Gasteiger charge is -2.34. The van der Waals surface area contributed by atoms with E-state index in [4.69, 9.17) is 5.11 Å². The van der Waals surface area contributed by atoms with Crippen molar-refractivity contribution in [2.45, 2.75) is 6.42 Å². The SMILES string of the molecule is CN1CCN(c2ccc(C#CCCO)cc2)CC1. The van der Waals surface area contributed by atoms with Crippen molar-refractivity contribution >= 4 is 5.69 Å². The second-order valence-electron chi connectivity index (χ2n) is 4.61. The third-order valence-corrected chi connectivity index (χ3v) is 3.21. The van der Waals surface area contributed by atoms with E-state index in [2.05, 4.69) is 53.0 Å². The summed E-state index contributed by atoms with van der Waals surface area (Å²) in [5.74, 6) is 5.98. The van der Waals surface area contributed by atoms with E-state index in [1.54, 1.807) is 0 Å². The molecule has 1 aliphatic heterocycles. The Morgan fingerprint density at radius 1 is 1.11 bits per heavy atom. The van der Waals surface area contributed by atoms with E-state index in [0.717, 1.165) is 31.7 Å². The first-order valence-corrected chi connectivity index (χ1v) is 6.43. The molecular weight excluding hydrogens is 224 g/mol. The number of aliphatic hydroxyl groups excluding tert-OH is 1. The molecule has 2 rings (SSSR count). The molecule has 0 bridgehead atoms. The molecule has 0 unspecified atom stereocenters. The molecule has 96 valence electrons. The van der Waals surface area contributed by atoms with E-state index in [1.165, 1.54) is 5.69 Å². The summed E-state index contributed by atoms with van der Waals surface area (Å²) in [5, 5.41) is 8.67. The molecule has 1 heterocycles. The zero-order valence-electron chi connectivity index (χ0n) is 10.9.